The fourth-order valence-corrected chi connectivity index (χ4v) is 2.62. The van der Waals surface area contributed by atoms with Crippen LogP contribution in [0.25, 0.3) is 0 Å². The molecule has 126 valence electrons. The summed E-state index contributed by atoms with van der Waals surface area (Å²) in [5, 5.41) is 2.83. The smallest absolute Gasteiger partial charge is 0.234 e. The van der Waals surface area contributed by atoms with Crippen LogP contribution in [-0.2, 0) is 14.4 Å². The zero-order chi connectivity index (χ0) is 16.5. The first-order valence-electron chi connectivity index (χ1n) is 7.93. The molecule has 0 atom stereocenters. The molecule has 22 heavy (non-hydrogen) atoms. The lowest BCUT2D eigenvalue weighted by Gasteiger charge is -2.22. The van der Waals surface area contributed by atoms with E-state index in [-0.39, 0.29) is 24.9 Å². The van der Waals surface area contributed by atoms with Crippen molar-refractivity contribution < 1.29 is 14.4 Å². The van der Waals surface area contributed by atoms with Crippen LogP contribution in [0.3, 0.4) is 0 Å². The van der Waals surface area contributed by atoms with Gasteiger partial charge >= 0.3 is 0 Å². The highest BCUT2D eigenvalue weighted by Gasteiger charge is 2.19. The van der Waals surface area contributed by atoms with Crippen molar-refractivity contribution in [1.82, 2.24) is 15.1 Å². The van der Waals surface area contributed by atoms with Crippen molar-refractivity contribution in [3.8, 4) is 0 Å². The normalized spacial score (nSPS) is 14.9. The fourth-order valence-electron chi connectivity index (χ4n) is 2.62. The van der Waals surface area contributed by atoms with Crippen molar-refractivity contribution in [1.29, 1.82) is 0 Å². The second kappa shape index (κ2) is 9.40. The van der Waals surface area contributed by atoms with E-state index in [2.05, 4.69) is 5.32 Å². The van der Waals surface area contributed by atoms with E-state index < -0.39 is 5.91 Å². The van der Waals surface area contributed by atoms with Gasteiger partial charge in [0.2, 0.25) is 17.7 Å². The van der Waals surface area contributed by atoms with Gasteiger partial charge in [-0.05, 0) is 18.8 Å². The van der Waals surface area contributed by atoms with E-state index >= 15 is 0 Å². The molecule has 0 aromatic rings. The topological polar surface area (TPSA) is 95.7 Å². The molecule has 0 radical (unpaired) electrons. The molecular weight excluding hydrogens is 284 g/mol. The molecule has 1 rings (SSSR count). The number of primary amides is 1. The average Bonchev–Trinajstić information content (AvgIpc) is 2.78. The van der Waals surface area contributed by atoms with Crippen LogP contribution in [0.15, 0.2) is 0 Å². The summed E-state index contributed by atoms with van der Waals surface area (Å²) in [5.74, 6) is 0.0138. The van der Waals surface area contributed by atoms with Crippen molar-refractivity contribution >= 4 is 17.7 Å². The lowest BCUT2D eigenvalue weighted by Crippen LogP contribution is -2.43. The summed E-state index contributed by atoms with van der Waals surface area (Å²) in [6.45, 7) is 7.02. The molecule has 1 heterocycles. The number of hydrogen-bond donors (Lipinski definition) is 2. The number of carbonyl (C=O) groups is 3. The SMILES string of the molecule is CC(C)CN(CC(N)=O)CC(=O)NCCCN1CCCC1=O. The van der Waals surface area contributed by atoms with Gasteiger partial charge in [-0.1, -0.05) is 13.8 Å². The van der Waals surface area contributed by atoms with E-state index in [4.69, 9.17) is 5.73 Å². The van der Waals surface area contributed by atoms with E-state index in [1.54, 1.807) is 4.90 Å². The second-order valence-electron chi connectivity index (χ2n) is 6.22. The maximum absolute atomic E-state index is 11.9. The van der Waals surface area contributed by atoms with Gasteiger partial charge in [0.05, 0.1) is 13.1 Å². The Hall–Kier alpha value is -1.63. The number of hydrogen-bond acceptors (Lipinski definition) is 4. The zero-order valence-corrected chi connectivity index (χ0v) is 13.6. The Labute approximate surface area is 132 Å². The molecule has 0 aromatic carbocycles. The summed E-state index contributed by atoms with van der Waals surface area (Å²) in [4.78, 5) is 37.9. The van der Waals surface area contributed by atoms with Gasteiger partial charge in [-0.25, -0.2) is 0 Å². The third-order valence-corrected chi connectivity index (χ3v) is 3.47. The Morgan fingerprint density at radius 2 is 2.09 bits per heavy atom. The number of likely N-dealkylation sites (tertiary alicyclic amines) is 1. The number of amides is 3. The Balaban J connectivity index is 2.22. The number of rotatable bonds is 10. The van der Waals surface area contributed by atoms with Gasteiger partial charge in [0.15, 0.2) is 0 Å². The highest BCUT2D eigenvalue weighted by atomic mass is 16.2. The summed E-state index contributed by atoms with van der Waals surface area (Å²) < 4.78 is 0. The molecule has 1 fully saturated rings. The molecule has 0 spiro atoms. The van der Waals surface area contributed by atoms with Crippen LogP contribution in [0.2, 0.25) is 0 Å². The van der Waals surface area contributed by atoms with Gasteiger partial charge in [-0.3, -0.25) is 19.3 Å². The molecule has 1 aliphatic heterocycles. The van der Waals surface area contributed by atoms with Crippen LogP contribution in [0.5, 0.6) is 0 Å². The molecule has 3 N–H and O–H groups in total. The van der Waals surface area contributed by atoms with Gasteiger partial charge in [0, 0.05) is 32.6 Å². The maximum Gasteiger partial charge on any atom is 0.234 e. The highest BCUT2D eigenvalue weighted by molar-refractivity contribution is 5.80. The molecule has 1 aliphatic rings. The Morgan fingerprint density at radius 1 is 1.36 bits per heavy atom. The molecular formula is C15H28N4O3. The summed E-state index contributed by atoms with van der Waals surface area (Å²) in [7, 11) is 0. The molecule has 1 saturated heterocycles. The van der Waals surface area contributed by atoms with Crippen LogP contribution in [-0.4, -0.2) is 66.8 Å². The average molecular weight is 312 g/mol. The van der Waals surface area contributed by atoms with Crippen LogP contribution >= 0.6 is 0 Å². The van der Waals surface area contributed by atoms with Gasteiger partial charge in [0.1, 0.15) is 0 Å². The molecule has 0 saturated carbocycles. The number of nitrogens with one attached hydrogen (secondary N) is 1. The van der Waals surface area contributed by atoms with Crippen LogP contribution in [0.4, 0.5) is 0 Å². The Morgan fingerprint density at radius 3 is 2.64 bits per heavy atom. The summed E-state index contributed by atoms with van der Waals surface area (Å²) in [6.07, 6.45) is 2.32. The first kappa shape index (κ1) is 18.4. The minimum atomic E-state index is -0.430. The zero-order valence-electron chi connectivity index (χ0n) is 13.6. The molecule has 0 aliphatic carbocycles. The lowest BCUT2D eigenvalue weighted by atomic mass is 10.2. The Kier molecular flexibility index (Phi) is 7.87. The predicted molar refractivity (Wildman–Crippen MR) is 83.9 cm³/mol. The van der Waals surface area contributed by atoms with Crippen molar-refractivity contribution in [2.24, 2.45) is 11.7 Å². The molecule has 0 bridgehead atoms. The van der Waals surface area contributed by atoms with Crippen molar-refractivity contribution in [2.75, 3.05) is 39.3 Å². The van der Waals surface area contributed by atoms with Crippen LogP contribution < -0.4 is 11.1 Å². The van der Waals surface area contributed by atoms with E-state index in [0.717, 1.165) is 19.4 Å². The van der Waals surface area contributed by atoms with Gasteiger partial charge in [-0.2, -0.15) is 0 Å². The standard InChI is InChI=1S/C15H28N4O3/c1-12(2)9-18(10-13(16)20)11-14(21)17-6-4-8-19-7-3-5-15(19)22/h12H,3-11H2,1-2H3,(H2,16,20)(H,17,21). The van der Waals surface area contributed by atoms with Crippen molar-refractivity contribution in [3.63, 3.8) is 0 Å². The maximum atomic E-state index is 11.9. The van der Waals surface area contributed by atoms with Crippen LogP contribution in [0.1, 0.15) is 33.1 Å². The van der Waals surface area contributed by atoms with Gasteiger partial charge in [0.25, 0.3) is 0 Å². The first-order chi connectivity index (χ1) is 10.4. The number of nitrogens with two attached hydrogens (primary N) is 1. The minimum Gasteiger partial charge on any atom is -0.369 e. The molecule has 7 nitrogen and oxygen atoms in total. The lowest BCUT2D eigenvalue weighted by molar-refractivity contribution is -0.127. The summed E-state index contributed by atoms with van der Waals surface area (Å²) >= 11 is 0. The first-order valence-corrected chi connectivity index (χ1v) is 7.93. The van der Waals surface area contributed by atoms with E-state index in [9.17, 15) is 14.4 Å². The van der Waals surface area contributed by atoms with E-state index in [1.165, 1.54) is 0 Å². The Bertz CT molecular complexity index is 398. The summed E-state index contributed by atoms with van der Waals surface area (Å²) in [6, 6.07) is 0. The van der Waals surface area contributed by atoms with Crippen LogP contribution in [0, 0.1) is 5.92 Å². The second-order valence-corrected chi connectivity index (χ2v) is 6.22. The summed E-state index contributed by atoms with van der Waals surface area (Å²) in [5.41, 5.74) is 5.20. The highest BCUT2D eigenvalue weighted by Crippen LogP contribution is 2.09. The third-order valence-electron chi connectivity index (χ3n) is 3.47. The predicted octanol–water partition coefficient (Wildman–Crippen LogP) is -0.442. The van der Waals surface area contributed by atoms with E-state index in [1.807, 2.05) is 18.7 Å². The largest absolute Gasteiger partial charge is 0.369 e. The van der Waals surface area contributed by atoms with Gasteiger partial charge in [-0.15, -0.1) is 0 Å². The monoisotopic (exact) mass is 312 g/mol. The molecule has 0 aromatic heterocycles. The molecule has 3 amide bonds. The van der Waals surface area contributed by atoms with Gasteiger partial charge < -0.3 is 16.0 Å². The minimum absolute atomic E-state index is 0.0912. The molecule has 7 heteroatoms. The number of nitrogens with zero attached hydrogens (tertiary/aromatic N) is 2. The third kappa shape index (κ3) is 7.40. The quantitative estimate of drug-likeness (QED) is 0.535. The van der Waals surface area contributed by atoms with Crippen molar-refractivity contribution in [3.05, 3.63) is 0 Å². The number of carbonyl (C=O) groups excluding carboxylic acids is 3. The van der Waals surface area contributed by atoms with E-state index in [0.29, 0.717) is 32.0 Å². The molecule has 0 unspecified atom stereocenters. The van der Waals surface area contributed by atoms with Crippen molar-refractivity contribution in [2.45, 2.75) is 33.1 Å². The fraction of sp³-hybridized carbons (Fsp3) is 0.800.